The van der Waals surface area contributed by atoms with Crippen molar-refractivity contribution in [3.05, 3.63) is 23.9 Å². The molecule has 1 heterocycles. The van der Waals surface area contributed by atoms with Crippen LogP contribution in [-0.2, 0) is 0 Å². The number of aromatic nitrogens is 2. The monoisotopic (exact) mass is 217 g/mol. The summed E-state index contributed by atoms with van der Waals surface area (Å²) in [5.74, 6) is 1.54. The Morgan fingerprint density at radius 2 is 1.94 bits per heavy atom. The molecule has 16 heavy (non-hydrogen) atoms. The molecule has 0 aliphatic carbocycles. The lowest BCUT2D eigenvalue weighted by Gasteiger charge is -2.12. The minimum atomic E-state index is 0.721. The SMILES string of the molecule is COc1ccc2c(C)nc(N(C)C)nc2c1. The number of ether oxygens (including phenoxy) is 1. The van der Waals surface area contributed by atoms with Gasteiger partial charge in [0.05, 0.1) is 18.3 Å². The molecule has 1 aromatic heterocycles. The van der Waals surface area contributed by atoms with Gasteiger partial charge in [0.1, 0.15) is 5.75 Å². The Labute approximate surface area is 94.9 Å². The lowest BCUT2D eigenvalue weighted by Crippen LogP contribution is -2.13. The van der Waals surface area contributed by atoms with Gasteiger partial charge < -0.3 is 9.64 Å². The maximum absolute atomic E-state index is 5.19. The zero-order valence-corrected chi connectivity index (χ0v) is 9.98. The normalized spacial score (nSPS) is 10.5. The molecular formula is C12H15N3O. The van der Waals surface area contributed by atoms with E-state index in [1.165, 1.54) is 0 Å². The number of fused-ring (bicyclic) bond motifs is 1. The third-order valence-electron chi connectivity index (χ3n) is 2.48. The van der Waals surface area contributed by atoms with Gasteiger partial charge in [-0.25, -0.2) is 9.97 Å². The summed E-state index contributed by atoms with van der Waals surface area (Å²) in [6.45, 7) is 1.99. The number of methoxy groups -OCH3 is 1. The highest BCUT2D eigenvalue weighted by molar-refractivity contribution is 5.83. The van der Waals surface area contributed by atoms with E-state index in [2.05, 4.69) is 9.97 Å². The molecule has 0 atom stereocenters. The number of hydrogen-bond donors (Lipinski definition) is 0. The van der Waals surface area contributed by atoms with Gasteiger partial charge in [-0.2, -0.15) is 0 Å². The molecule has 0 radical (unpaired) electrons. The quantitative estimate of drug-likeness (QED) is 0.771. The van der Waals surface area contributed by atoms with Crippen LogP contribution in [0.15, 0.2) is 18.2 Å². The summed E-state index contributed by atoms with van der Waals surface area (Å²) < 4.78 is 5.19. The van der Waals surface area contributed by atoms with Crippen LogP contribution < -0.4 is 9.64 Å². The minimum absolute atomic E-state index is 0.721. The van der Waals surface area contributed by atoms with Crippen molar-refractivity contribution in [3.8, 4) is 5.75 Å². The average Bonchev–Trinajstić information content (AvgIpc) is 2.28. The van der Waals surface area contributed by atoms with Crippen molar-refractivity contribution in [2.24, 2.45) is 0 Å². The van der Waals surface area contributed by atoms with Crippen molar-refractivity contribution in [3.63, 3.8) is 0 Å². The number of rotatable bonds is 2. The number of hydrogen-bond acceptors (Lipinski definition) is 4. The molecule has 0 fully saturated rings. The van der Waals surface area contributed by atoms with Crippen LogP contribution in [0.2, 0.25) is 0 Å². The van der Waals surface area contributed by atoms with E-state index in [0.717, 1.165) is 28.3 Å². The molecule has 0 spiro atoms. The van der Waals surface area contributed by atoms with Crippen LogP contribution in [0.25, 0.3) is 10.9 Å². The molecule has 2 rings (SSSR count). The van der Waals surface area contributed by atoms with E-state index in [-0.39, 0.29) is 0 Å². The Balaban J connectivity index is 2.68. The largest absolute Gasteiger partial charge is 0.497 e. The van der Waals surface area contributed by atoms with E-state index in [4.69, 9.17) is 4.74 Å². The molecule has 0 saturated heterocycles. The van der Waals surface area contributed by atoms with Crippen molar-refractivity contribution >= 4 is 16.9 Å². The molecule has 0 aliphatic heterocycles. The summed E-state index contributed by atoms with van der Waals surface area (Å²) in [5.41, 5.74) is 1.90. The number of benzene rings is 1. The van der Waals surface area contributed by atoms with Gasteiger partial charge in [0.15, 0.2) is 0 Å². The second kappa shape index (κ2) is 3.96. The van der Waals surface area contributed by atoms with Crippen LogP contribution in [-0.4, -0.2) is 31.2 Å². The zero-order valence-electron chi connectivity index (χ0n) is 9.98. The number of anilines is 1. The van der Waals surface area contributed by atoms with Gasteiger partial charge in [0, 0.05) is 25.5 Å². The van der Waals surface area contributed by atoms with Crippen molar-refractivity contribution < 1.29 is 4.74 Å². The maximum Gasteiger partial charge on any atom is 0.225 e. The molecule has 1 aromatic carbocycles. The third kappa shape index (κ3) is 1.78. The van der Waals surface area contributed by atoms with Crippen LogP contribution in [0.1, 0.15) is 5.69 Å². The second-order valence-corrected chi connectivity index (χ2v) is 3.89. The average molecular weight is 217 g/mol. The predicted octanol–water partition coefficient (Wildman–Crippen LogP) is 2.01. The maximum atomic E-state index is 5.19. The molecule has 0 aliphatic rings. The summed E-state index contributed by atoms with van der Waals surface area (Å²) in [6, 6.07) is 5.84. The Morgan fingerprint density at radius 3 is 2.56 bits per heavy atom. The summed E-state index contributed by atoms with van der Waals surface area (Å²) in [4.78, 5) is 10.8. The highest BCUT2D eigenvalue weighted by atomic mass is 16.5. The van der Waals surface area contributed by atoms with Gasteiger partial charge in [-0.1, -0.05) is 0 Å². The summed E-state index contributed by atoms with van der Waals surface area (Å²) in [7, 11) is 5.52. The lowest BCUT2D eigenvalue weighted by atomic mass is 10.2. The van der Waals surface area contributed by atoms with Gasteiger partial charge in [-0.05, 0) is 19.1 Å². The molecule has 0 unspecified atom stereocenters. The van der Waals surface area contributed by atoms with Crippen LogP contribution in [0.3, 0.4) is 0 Å². The third-order valence-corrected chi connectivity index (χ3v) is 2.48. The van der Waals surface area contributed by atoms with E-state index in [9.17, 15) is 0 Å². The molecule has 0 bridgehead atoms. The molecule has 4 nitrogen and oxygen atoms in total. The van der Waals surface area contributed by atoms with Crippen LogP contribution in [0.4, 0.5) is 5.95 Å². The van der Waals surface area contributed by atoms with Gasteiger partial charge in [-0.15, -0.1) is 0 Å². The molecule has 0 N–H and O–H groups in total. The number of nitrogens with zero attached hydrogens (tertiary/aromatic N) is 3. The standard InChI is InChI=1S/C12H15N3O/c1-8-10-6-5-9(16-4)7-11(10)14-12(13-8)15(2)3/h5-7H,1-4H3. The Hall–Kier alpha value is -1.84. The molecule has 0 amide bonds. The Morgan fingerprint density at radius 1 is 1.19 bits per heavy atom. The molecular weight excluding hydrogens is 202 g/mol. The van der Waals surface area contributed by atoms with Crippen LogP contribution in [0, 0.1) is 6.92 Å². The van der Waals surface area contributed by atoms with E-state index >= 15 is 0 Å². The second-order valence-electron chi connectivity index (χ2n) is 3.89. The smallest absolute Gasteiger partial charge is 0.225 e. The van der Waals surface area contributed by atoms with Crippen molar-refractivity contribution in [1.29, 1.82) is 0 Å². The predicted molar refractivity (Wildman–Crippen MR) is 65.2 cm³/mol. The summed E-state index contributed by atoms with van der Waals surface area (Å²) >= 11 is 0. The fourth-order valence-corrected chi connectivity index (χ4v) is 1.58. The number of aryl methyl sites for hydroxylation is 1. The van der Waals surface area contributed by atoms with Crippen molar-refractivity contribution in [2.75, 3.05) is 26.1 Å². The topological polar surface area (TPSA) is 38.2 Å². The first-order valence-corrected chi connectivity index (χ1v) is 5.11. The minimum Gasteiger partial charge on any atom is -0.497 e. The lowest BCUT2D eigenvalue weighted by molar-refractivity contribution is 0.415. The first kappa shape index (κ1) is 10.7. The Kier molecular flexibility index (Phi) is 2.64. The fourth-order valence-electron chi connectivity index (χ4n) is 1.58. The van der Waals surface area contributed by atoms with Gasteiger partial charge in [-0.3, -0.25) is 0 Å². The highest BCUT2D eigenvalue weighted by Gasteiger charge is 2.06. The first-order chi connectivity index (χ1) is 7.61. The summed E-state index contributed by atoms with van der Waals surface area (Å²) in [5, 5.41) is 1.06. The zero-order chi connectivity index (χ0) is 11.7. The van der Waals surface area contributed by atoms with Gasteiger partial charge in [0.25, 0.3) is 0 Å². The van der Waals surface area contributed by atoms with Crippen molar-refractivity contribution in [1.82, 2.24) is 9.97 Å². The van der Waals surface area contributed by atoms with E-state index < -0.39 is 0 Å². The Bertz CT molecular complexity index is 523. The van der Waals surface area contributed by atoms with E-state index in [1.807, 2.05) is 44.1 Å². The van der Waals surface area contributed by atoms with Crippen molar-refractivity contribution in [2.45, 2.75) is 6.92 Å². The van der Waals surface area contributed by atoms with E-state index in [0.29, 0.717) is 0 Å². The molecule has 0 saturated carbocycles. The van der Waals surface area contributed by atoms with E-state index in [1.54, 1.807) is 7.11 Å². The first-order valence-electron chi connectivity index (χ1n) is 5.11. The van der Waals surface area contributed by atoms with Crippen LogP contribution >= 0.6 is 0 Å². The van der Waals surface area contributed by atoms with Gasteiger partial charge >= 0.3 is 0 Å². The highest BCUT2D eigenvalue weighted by Crippen LogP contribution is 2.22. The molecule has 4 heteroatoms. The summed E-state index contributed by atoms with van der Waals surface area (Å²) in [6.07, 6.45) is 0. The molecule has 84 valence electrons. The fraction of sp³-hybridized carbons (Fsp3) is 0.333. The van der Waals surface area contributed by atoms with Crippen LogP contribution in [0.5, 0.6) is 5.75 Å². The van der Waals surface area contributed by atoms with Gasteiger partial charge in [0.2, 0.25) is 5.95 Å². The molecule has 2 aromatic rings.